The molecule has 0 bridgehead atoms. The van der Waals surface area contributed by atoms with E-state index in [1.54, 1.807) is 23.5 Å². The Bertz CT molecular complexity index is 511. The van der Waals surface area contributed by atoms with Gasteiger partial charge >= 0.3 is 7.12 Å². The normalized spacial score (nSPS) is 10.1. The molecule has 0 atom stereocenters. The van der Waals surface area contributed by atoms with Crippen molar-refractivity contribution in [2.75, 3.05) is 0 Å². The SMILES string of the molecule is O=C(NCc1cccs1)c1ccc(B(O)O)cc1. The molecule has 2 aromatic rings. The summed E-state index contributed by atoms with van der Waals surface area (Å²) in [5, 5.41) is 22.6. The van der Waals surface area contributed by atoms with Crippen LogP contribution in [0.25, 0.3) is 0 Å². The summed E-state index contributed by atoms with van der Waals surface area (Å²) in [6.07, 6.45) is 0. The van der Waals surface area contributed by atoms with Crippen molar-refractivity contribution in [2.45, 2.75) is 6.54 Å². The van der Waals surface area contributed by atoms with Crippen LogP contribution >= 0.6 is 11.3 Å². The van der Waals surface area contributed by atoms with Gasteiger partial charge in [0.25, 0.3) is 5.91 Å². The lowest BCUT2D eigenvalue weighted by atomic mass is 9.80. The molecule has 1 amide bonds. The lowest BCUT2D eigenvalue weighted by Gasteiger charge is -2.05. The van der Waals surface area contributed by atoms with Gasteiger partial charge in [-0.2, -0.15) is 0 Å². The Labute approximate surface area is 109 Å². The second kappa shape index (κ2) is 5.81. The van der Waals surface area contributed by atoms with E-state index in [9.17, 15) is 4.79 Å². The van der Waals surface area contributed by atoms with Crippen LogP contribution < -0.4 is 10.8 Å². The molecule has 0 saturated carbocycles. The van der Waals surface area contributed by atoms with Crippen LogP contribution in [0.15, 0.2) is 41.8 Å². The lowest BCUT2D eigenvalue weighted by Crippen LogP contribution is -2.30. The van der Waals surface area contributed by atoms with Crippen LogP contribution in [0.2, 0.25) is 0 Å². The molecule has 2 rings (SSSR count). The Morgan fingerprint density at radius 2 is 1.94 bits per heavy atom. The highest BCUT2D eigenvalue weighted by molar-refractivity contribution is 7.09. The highest BCUT2D eigenvalue weighted by atomic mass is 32.1. The van der Waals surface area contributed by atoms with Gasteiger partial charge in [-0.15, -0.1) is 11.3 Å². The molecule has 0 fully saturated rings. The number of thiophene rings is 1. The molecular weight excluding hydrogens is 249 g/mol. The number of hydrogen-bond acceptors (Lipinski definition) is 4. The molecule has 0 radical (unpaired) electrons. The van der Waals surface area contributed by atoms with Gasteiger partial charge in [-0.05, 0) is 29.0 Å². The van der Waals surface area contributed by atoms with E-state index in [-0.39, 0.29) is 5.91 Å². The minimum atomic E-state index is -1.51. The predicted octanol–water partition coefficient (Wildman–Crippen LogP) is 0.358. The molecule has 1 aromatic carbocycles. The zero-order valence-electron chi connectivity index (χ0n) is 9.54. The van der Waals surface area contributed by atoms with E-state index in [2.05, 4.69) is 5.32 Å². The zero-order chi connectivity index (χ0) is 13.0. The summed E-state index contributed by atoms with van der Waals surface area (Å²) in [4.78, 5) is 12.9. The number of benzene rings is 1. The van der Waals surface area contributed by atoms with E-state index in [4.69, 9.17) is 10.0 Å². The summed E-state index contributed by atoms with van der Waals surface area (Å²) in [5.41, 5.74) is 0.862. The van der Waals surface area contributed by atoms with Crippen molar-refractivity contribution in [1.82, 2.24) is 5.32 Å². The van der Waals surface area contributed by atoms with Gasteiger partial charge in [0.1, 0.15) is 0 Å². The number of nitrogens with one attached hydrogen (secondary N) is 1. The van der Waals surface area contributed by atoms with E-state index < -0.39 is 7.12 Å². The Morgan fingerprint density at radius 3 is 2.50 bits per heavy atom. The van der Waals surface area contributed by atoms with Crippen molar-refractivity contribution in [3.05, 3.63) is 52.2 Å². The first-order valence-electron chi connectivity index (χ1n) is 5.43. The summed E-state index contributed by atoms with van der Waals surface area (Å²) in [5.74, 6) is -0.178. The van der Waals surface area contributed by atoms with Crippen molar-refractivity contribution in [3.63, 3.8) is 0 Å². The predicted molar refractivity (Wildman–Crippen MR) is 71.8 cm³/mol. The Balaban J connectivity index is 1.96. The Morgan fingerprint density at radius 1 is 1.22 bits per heavy atom. The van der Waals surface area contributed by atoms with Crippen molar-refractivity contribution in [1.29, 1.82) is 0 Å². The second-order valence-electron chi connectivity index (χ2n) is 3.76. The average molecular weight is 261 g/mol. The van der Waals surface area contributed by atoms with Gasteiger partial charge in [-0.1, -0.05) is 18.2 Å². The summed E-state index contributed by atoms with van der Waals surface area (Å²) in [6.45, 7) is 0.501. The molecule has 0 unspecified atom stereocenters. The topological polar surface area (TPSA) is 69.6 Å². The van der Waals surface area contributed by atoms with Crippen molar-refractivity contribution in [3.8, 4) is 0 Å². The van der Waals surface area contributed by atoms with Crippen LogP contribution in [0.4, 0.5) is 0 Å². The molecule has 0 spiro atoms. The summed E-state index contributed by atoms with van der Waals surface area (Å²) >= 11 is 1.59. The molecule has 1 aromatic heterocycles. The van der Waals surface area contributed by atoms with Gasteiger partial charge < -0.3 is 15.4 Å². The largest absolute Gasteiger partial charge is 0.488 e. The molecule has 18 heavy (non-hydrogen) atoms. The first-order valence-corrected chi connectivity index (χ1v) is 6.31. The minimum Gasteiger partial charge on any atom is -0.423 e. The number of amides is 1. The van der Waals surface area contributed by atoms with E-state index in [0.29, 0.717) is 17.6 Å². The van der Waals surface area contributed by atoms with Crippen LogP contribution in [0.3, 0.4) is 0 Å². The van der Waals surface area contributed by atoms with Gasteiger partial charge in [-0.25, -0.2) is 0 Å². The fourth-order valence-electron chi connectivity index (χ4n) is 1.49. The highest BCUT2D eigenvalue weighted by Gasteiger charge is 2.11. The Hall–Kier alpha value is -1.63. The fourth-order valence-corrected chi connectivity index (χ4v) is 2.13. The standard InChI is InChI=1S/C12H12BNO3S/c15-12(14-8-11-2-1-7-18-11)9-3-5-10(6-4-9)13(16)17/h1-7,16-17H,8H2,(H,14,15). The molecule has 0 aliphatic carbocycles. The first kappa shape index (κ1) is 12.8. The van der Waals surface area contributed by atoms with Gasteiger partial charge in [0, 0.05) is 10.4 Å². The van der Waals surface area contributed by atoms with Crippen molar-refractivity contribution < 1.29 is 14.8 Å². The second-order valence-corrected chi connectivity index (χ2v) is 4.79. The molecule has 0 aliphatic heterocycles. The molecular formula is C12H12BNO3S. The van der Waals surface area contributed by atoms with Gasteiger partial charge in [0.15, 0.2) is 0 Å². The molecule has 4 nitrogen and oxygen atoms in total. The molecule has 0 aliphatic rings. The minimum absolute atomic E-state index is 0.178. The number of rotatable bonds is 4. The Kier molecular flexibility index (Phi) is 4.14. The maximum Gasteiger partial charge on any atom is 0.488 e. The quantitative estimate of drug-likeness (QED) is 0.696. The number of carbonyl (C=O) groups is 1. The summed E-state index contributed by atoms with van der Waals surface area (Å²) in [7, 11) is -1.51. The maximum atomic E-state index is 11.8. The fraction of sp³-hybridized carbons (Fsp3) is 0.0833. The van der Waals surface area contributed by atoms with Crippen molar-refractivity contribution >= 4 is 29.8 Å². The zero-order valence-corrected chi connectivity index (χ0v) is 10.4. The van der Waals surface area contributed by atoms with Crippen LogP contribution in [0.1, 0.15) is 15.2 Å². The highest BCUT2D eigenvalue weighted by Crippen LogP contribution is 2.08. The number of hydrogen-bond donors (Lipinski definition) is 3. The van der Waals surface area contributed by atoms with Crippen LogP contribution in [0, 0.1) is 0 Å². The molecule has 6 heteroatoms. The van der Waals surface area contributed by atoms with Gasteiger partial charge in [-0.3, -0.25) is 4.79 Å². The van der Waals surface area contributed by atoms with E-state index in [0.717, 1.165) is 4.88 Å². The lowest BCUT2D eigenvalue weighted by molar-refractivity contribution is 0.0951. The van der Waals surface area contributed by atoms with Gasteiger partial charge in [0.2, 0.25) is 0 Å². The van der Waals surface area contributed by atoms with Crippen LogP contribution in [0.5, 0.6) is 0 Å². The number of carbonyl (C=O) groups excluding carboxylic acids is 1. The average Bonchev–Trinajstić information content (AvgIpc) is 2.89. The third-order valence-electron chi connectivity index (χ3n) is 2.47. The summed E-state index contributed by atoms with van der Waals surface area (Å²) < 4.78 is 0. The van der Waals surface area contributed by atoms with Gasteiger partial charge in [0.05, 0.1) is 6.54 Å². The maximum absolute atomic E-state index is 11.8. The monoisotopic (exact) mass is 261 g/mol. The van der Waals surface area contributed by atoms with E-state index in [1.807, 2.05) is 17.5 Å². The van der Waals surface area contributed by atoms with E-state index >= 15 is 0 Å². The first-order chi connectivity index (χ1) is 8.66. The van der Waals surface area contributed by atoms with Crippen molar-refractivity contribution in [2.24, 2.45) is 0 Å². The summed E-state index contributed by atoms with van der Waals surface area (Å²) in [6, 6.07) is 10.1. The molecule has 0 saturated heterocycles. The smallest absolute Gasteiger partial charge is 0.423 e. The third-order valence-corrected chi connectivity index (χ3v) is 3.35. The third kappa shape index (κ3) is 3.19. The molecule has 1 heterocycles. The van der Waals surface area contributed by atoms with E-state index in [1.165, 1.54) is 12.1 Å². The molecule has 92 valence electrons. The molecule has 3 N–H and O–H groups in total. The van der Waals surface area contributed by atoms with Crippen LogP contribution in [-0.2, 0) is 6.54 Å². The van der Waals surface area contributed by atoms with Crippen LogP contribution in [-0.4, -0.2) is 23.1 Å².